The lowest BCUT2D eigenvalue weighted by molar-refractivity contribution is -0.136. The molecule has 38 heavy (non-hydrogen) atoms. The van der Waals surface area contributed by atoms with Gasteiger partial charge in [-0.1, -0.05) is 56.5 Å². The van der Waals surface area contributed by atoms with Crippen LogP contribution in [0, 0.1) is 6.57 Å². The molecule has 8 heteroatoms. The van der Waals surface area contributed by atoms with Crippen LogP contribution in [0.1, 0.15) is 68.2 Å². The van der Waals surface area contributed by atoms with E-state index >= 15 is 0 Å². The summed E-state index contributed by atoms with van der Waals surface area (Å²) in [4.78, 5) is 7.25. The Morgan fingerprint density at radius 2 is 1.74 bits per heavy atom. The molecule has 206 valence electrons. The Labute approximate surface area is 224 Å². The first-order valence-corrected chi connectivity index (χ1v) is 13.9. The smallest absolute Gasteiger partial charge is 0.375 e. The summed E-state index contributed by atoms with van der Waals surface area (Å²) >= 11 is 0. The predicted molar refractivity (Wildman–Crippen MR) is 145 cm³/mol. The van der Waals surface area contributed by atoms with E-state index in [9.17, 15) is 13.2 Å². The number of rotatable bonds is 10. The first-order valence-electron chi connectivity index (χ1n) is 13.9. The van der Waals surface area contributed by atoms with Crippen LogP contribution in [0.3, 0.4) is 0 Å². The molecule has 0 spiro atoms. The van der Waals surface area contributed by atoms with Crippen molar-refractivity contribution in [2.24, 2.45) is 0 Å². The second kappa shape index (κ2) is 13.5. The van der Waals surface area contributed by atoms with Crippen molar-refractivity contribution in [1.82, 2.24) is 10.2 Å². The number of piperazine rings is 1. The van der Waals surface area contributed by atoms with E-state index in [0.717, 1.165) is 37.7 Å². The number of hydrogen-bond donors (Lipinski definition) is 1. The van der Waals surface area contributed by atoms with Gasteiger partial charge in [0.2, 0.25) is 0 Å². The number of nitrogens with one attached hydrogen (secondary N) is 1. The third-order valence-electron chi connectivity index (χ3n) is 7.80. The molecule has 1 heterocycles. The number of halogens is 3. The summed E-state index contributed by atoms with van der Waals surface area (Å²) in [5.41, 5.74) is 1.80. The number of nitrogens with zero attached hydrogens (tertiary/aromatic N) is 3. The minimum absolute atomic E-state index is 0.354. The van der Waals surface area contributed by atoms with Gasteiger partial charge < -0.3 is 15.0 Å². The lowest BCUT2D eigenvalue weighted by Crippen LogP contribution is -2.47. The van der Waals surface area contributed by atoms with Gasteiger partial charge in [0.25, 0.3) is 0 Å². The second-order valence-corrected chi connectivity index (χ2v) is 10.4. The maximum atomic E-state index is 13.3. The third kappa shape index (κ3) is 7.72. The normalized spacial score (nSPS) is 18.3. The summed E-state index contributed by atoms with van der Waals surface area (Å²) in [5, 5.41) is 3.86. The van der Waals surface area contributed by atoms with Crippen molar-refractivity contribution in [1.29, 1.82) is 0 Å². The van der Waals surface area contributed by atoms with E-state index in [1.807, 2.05) is 4.90 Å². The zero-order chi connectivity index (χ0) is 27.0. The van der Waals surface area contributed by atoms with Crippen LogP contribution in [0.15, 0.2) is 42.5 Å². The van der Waals surface area contributed by atoms with Gasteiger partial charge in [0.1, 0.15) is 0 Å². The highest BCUT2D eigenvalue weighted by Crippen LogP contribution is 2.38. The fourth-order valence-electron chi connectivity index (χ4n) is 5.51. The monoisotopic (exact) mass is 528 g/mol. The van der Waals surface area contributed by atoms with E-state index in [1.54, 1.807) is 6.07 Å². The van der Waals surface area contributed by atoms with Crippen molar-refractivity contribution in [3.8, 4) is 0 Å². The molecule has 5 nitrogen and oxygen atoms in total. The molecule has 1 aliphatic heterocycles. The SMILES string of the molecule is [C-]#[N+]c1ccc(N2CCN(CCOCc3ccc(C(CC)NC4CCCCC4)cc3)CC2)cc1C(F)(F)F. The van der Waals surface area contributed by atoms with Gasteiger partial charge in [-0.15, -0.1) is 0 Å². The van der Waals surface area contributed by atoms with E-state index in [2.05, 4.69) is 46.3 Å². The molecule has 1 saturated heterocycles. The zero-order valence-corrected chi connectivity index (χ0v) is 22.3. The molecular formula is C30H39F3N4O. The molecule has 0 amide bonds. The average Bonchev–Trinajstić information content (AvgIpc) is 2.94. The first kappa shape index (κ1) is 28.4. The largest absolute Gasteiger partial charge is 0.407 e. The van der Waals surface area contributed by atoms with E-state index in [1.165, 1.54) is 43.7 Å². The van der Waals surface area contributed by atoms with Gasteiger partial charge in [0.15, 0.2) is 5.69 Å². The topological polar surface area (TPSA) is 32.1 Å². The van der Waals surface area contributed by atoms with Crippen molar-refractivity contribution in [3.05, 3.63) is 70.6 Å². The van der Waals surface area contributed by atoms with Crippen LogP contribution in [-0.2, 0) is 17.5 Å². The van der Waals surface area contributed by atoms with Crippen molar-refractivity contribution in [3.63, 3.8) is 0 Å². The highest BCUT2D eigenvalue weighted by atomic mass is 19.4. The van der Waals surface area contributed by atoms with Gasteiger partial charge >= 0.3 is 6.18 Å². The van der Waals surface area contributed by atoms with Gasteiger partial charge in [-0.2, -0.15) is 13.2 Å². The highest BCUT2D eigenvalue weighted by Gasteiger charge is 2.34. The van der Waals surface area contributed by atoms with Crippen molar-refractivity contribution >= 4 is 11.4 Å². The molecule has 1 aliphatic carbocycles. The second-order valence-electron chi connectivity index (χ2n) is 10.4. The standard InChI is InChI=1S/C30H39F3N4O/c1-3-28(35-25-7-5-4-6-8-25)24-11-9-23(10-12-24)22-38-20-19-36-15-17-37(18-16-36)26-13-14-29(34-2)27(21-26)30(31,32)33/h9-14,21,25,28,35H,3-8,15-20,22H2,1H3. The predicted octanol–water partition coefficient (Wildman–Crippen LogP) is 6.97. The summed E-state index contributed by atoms with van der Waals surface area (Å²) < 4.78 is 45.9. The molecule has 0 bridgehead atoms. The van der Waals surface area contributed by atoms with Crippen LogP contribution >= 0.6 is 0 Å². The zero-order valence-electron chi connectivity index (χ0n) is 22.3. The molecule has 1 N–H and O–H groups in total. The van der Waals surface area contributed by atoms with Crippen LogP contribution in [0.5, 0.6) is 0 Å². The third-order valence-corrected chi connectivity index (χ3v) is 7.80. The fraction of sp³-hybridized carbons (Fsp3) is 0.567. The maximum absolute atomic E-state index is 13.3. The highest BCUT2D eigenvalue weighted by molar-refractivity contribution is 5.62. The summed E-state index contributed by atoms with van der Waals surface area (Å²) in [6, 6.07) is 13.8. The van der Waals surface area contributed by atoms with Gasteiger partial charge in [0.05, 0.1) is 25.3 Å². The number of anilines is 1. The molecule has 2 aromatic carbocycles. The molecule has 0 aromatic heterocycles. The van der Waals surface area contributed by atoms with E-state index in [0.29, 0.717) is 44.1 Å². The Kier molecular flexibility index (Phi) is 10.1. The van der Waals surface area contributed by atoms with Crippen molar-refractivity contribution in [2.75, 3.05) is 44.2 Å². The Hall–Kier alpha value is -2.60. The fourth-order valence-corrected chi connectivity index (χ4v) is 5.51. The van der Waals surface area contributed by atoms with Gasteiger partial charge in [0, 0.05) is 50.5 Å². The quantitative estimate of drug-likeness (QED) is 0.267. The summed E-state index contributed by atoms with van der Waals surface area (Å²) in [6.07, 6.45) is 3.15. The Morgan fingerprint density at radius 1 is 1.03 bits per heavy atom. The number of benzene rings is 2. The lowest BCUT2D eigenvalue weighted by atomic mass is 9.93. The molecule has 2 aromatic rings. The summed E-state index contributed by atoms with van der Waals surface area (Å²) in [7, 11) is 0. The first-order chi connectivity index (χ1) is 18.4. The molecule has 1 atom stereocenters. The van der Waals surface area contributed by atoms with Crippen LogP contribution in [0.25, 0.3) is 4.85 Å². The Morgan fingerprint density at radius 3 is 2.37 bits per heavy atom. The van der Waals surface area contributed by atoms with Gasteiger partial charge in [-0.25, -0.2) is 4.85 Å². The molecule has 2 aliphatic rings. The maximum Gasteiger partial charge on any atom is 0.407 e. The molecule has 1 unspecified atom stereocenters. The van der Waals surface area contributed by atoms with Gasteiger partial charge in [-0.3, -0.25) is 4.90 Å². The Bertz CT molecular complexity index is 1050. The molecule has 0 radical (unpaired) electrons. The number of hydrogen-bond acceptors (Lipinski definition) is 4. The molecule has 1 saturated carbocycles. The van der Waals surface area contributed by atoms with Crippen LogP contribution in [0.2, 0.25) is 0 Å². The summed E-state index contributed by atoms with van der Waals surface area (Å²) in [6.45, 7) is 14.0. The lowest BCUT2D eigenvalue weighted by Gasteiger charge is -2.36. The average molecular weight is 529 g/mol. The Balaban J connectivity index is 1.18. The van der Waals surface area contributed by atoms with Crippen LogP contribution in [0.4, 0.5) is 24.5 Å². The minimum atomic E-state index is -4.53. The van der Waals surface area contributed by atoms with E-state index < -0.39 is 11.7 Å². The molecule has 4 rings (SSSR count). The van der Waals surface area contributed by atoms with Crippen LogP contribution < -0.4 is 10.2 Å². The summed E-state index contributed by atoms with van der Waals surface area (Å²) in [5.74, 6) is 0. The minimum Gasteiger partial charge on any atom is -0.375 e. The van der Waals surface area contributed by atoms with Crippen molar-refractivity contribution in [2.45, 2.75) is 70.3 Å². The van der Waals surface area contributed by atoms with Crippen LogP contribution in [-0.4, -0.2) is 50.3 Å². The van der Waals surface area contributed by atoms with Gasteiger partial charge in [-0.05, 0) is 42.5 Å². The van der Waals surface area contributed by atoms with Crippen molar-refractivity contribution < 1.29 is 17.9 Å². The molecule has 2 fully saturated rings. The number of alkyl halides is 3. The van der Waals surface area contributed by atoms with E-state index in [-0.39, 0.29) is 5.69 Å². The molecular weight excluding hydrogens is 489 g/mol. The van der Waals surface area contributed by atoms with E-state index in [4.69, 9.17) is 11.3 Å². The number of ether oxygens (including phenoxy) is 1.